The zero-order valence-corrected chi connectivity index (χ0v) is 17.5. The van der Waals surface area contributed by atoms with Gasteiger partial charge in [0.05, 0.1) is 17.6 Å². The number of nitrogens with zero attached hydrogens (tertiary/aromatic N) is 6. The van der Waals surface area contributed by atoms with Crippen LogP contribution in [0, 0.1) is 0 Å². The highest BCUT2D eigenvalue weighted by Gasteiger charge is 2.24. The zero-order valence-electron chi connectivity index (χ0n) is 16.7. The molecule has 5 rings (SSSR count). The Morgan fingerprint density at radius 2 is 1.90 bits per heavy atom. The van der Waals surface area contributed by atoms with E-state index in [2.05, 4.69) is 49.7 Å². The van der Waals surface area contributed by atoms with Crippen LogP contribution in [0.25, 0.3) is 11.0 Å². The predicted octanol–water partition coefficient (Wildman–Crippen LogP) is 3.83. The number of aromatic nitrogens is 6. The van der Waals surface area contributed by atoms with Gasteiger partial charge in [0.15, 0.2) is 5.82 Å². The molecule has 0 spiro atoms. The Bertz CT molecular complexity index is 1110. The molecule has 0 saturated carbocycles. The van der Waals surface area contributed by atoms with Gasteiger partial charge in [0.25, 0.3) is 0 Å². The summed E-state index contributed by atoms with van der Waals surface area (Å²) in [6.07, 6.45) is 3.06. The lowest BCUT2D eigenvalue weighted by molar-refractivity contribution is 0.194. The summed E-state index contributed by atoms with van der Waals surface area (Å²) in [4.78, 5) is 10.7. The molecule has 0 bridgehead atoms. The van der Waals surface area contributed by atoms with Crippen LogP contribution in [0.4, 0.5) is 0 Å². The topological polar surface area (TPSA) is 75.5 Å². The first-order valence-electron chi connectivity index (χ1n) is 10.4. The van der Waals surface area contributed by atoms with Crippen molar-refractivity contribution < 1.29 is 0 Å². The van der Waals surface area contributed by atoms with Gasteiger partial charge in [-0.25, -0.2) is 9.67 Å². The fourth-order valence-electron chi connectivity index (χ4n) is 4.15. The van der Waals surface area contributed by atoms with E-state index < -0.39 is 0 Å². The third-order valence-electron chi connectivity index (χ3n) is 5.86. The summed E-state index contributed by atoms with van der Waals surface area (Å²) in [5.41, 5.74) is 3.29. The number of H-pyrrole nitrogens is 1. The molecule has 0 unspecified atom stereocenters. The third kappa shape index (κ3) is 4.22. The van der Waals surface area contributed by atoms with E-state index in [4.69, 9.17) is 16.6 Å². The van der Waals surface area contributed by atoms with E-state index >= 15 is 0 Å². The molecule has 4 aromatic rings. The van der Waals surface area contributed by atoms with Crippen LogP contribution in [-0.4, -0.2) is 48.2 Å². The largest absolute Gasteiger partial charge is 0.342 e. The summed E-state index contributed by atoms with van der Waals surface area (Å²) < 4.78 is 1.93. The van der Waals surface area contributed by atoms with E-state index in [9.17, 15) is 0 Å². The number of imidazole rings is 1. The summed E-state index contributed by atoms with van der Waals surface area (Å²) in [6.45, 7) is 3.59. The van der Waals surface area contributed by atoms with Gasteiger partial charge < -0.3 is 4.98 Å². The van der Waals surface area contributed by atoms with Crippen molar-refractivity contribution in [3.05, 3.63) is 70.8 Å². The predicted molar refractivity (Wildman–Crippen MR) is 116 cm³/mol. The average molecular weight is 422 g/mol. The number of benzene rings is 2. The van der Waals surface area contributed by atoms with E-state index in [1.165, 1.54) is 5.56 Å². The van der Waals surface area contributed by atoms with Crippen LogP contribution in [0.2, 0.25) is 5.02 Å². The molecule has 1 aliphatic rings. The maximum Gasteiger partial charge on any atom is 0.165 e. The quantitative estimate of drug-likeness (QED) is 0.512. The van der Waals surface area contributed by atoms with Gasteiger partial charge in [-0.3, -0.25) is 4.90 Å². The Labute approximate surface area is 180 Å². The summed E-state index contributed by atoms with van der Waals surface area (Å²) >= 11 is 6.10. The minimum Gasteiger partial charge on any atom is -0.342 e. The number of aromatic amines is 1. The fourth-order valence-corrected chi connectivity index (χ4v) is 4.32. The number of likely N-dealkylation sites (tertiary alicyclic amines) is 1. The van der Waals surface area contributed by atoms with Gasteiger partial charge in [-0.2, -0.15) is 0 Å². The molecule has 0 aliphatic carbocycles. The molecule has 2 aromatic carbocycles. The zero-order chi connectivity index (χ0) is 20.3. The average Bonchev–Trinajstić information content (AvgIpc) is 3.40. The molecular weight excluding hydrogens is 398 g/mol. The molecule has 0 amide bonds. The van der Waals surface area contributed by atoms with Crippen LogP contribution in [0.5, 0.6) is 0 Å². The maximum absolute atomic E-state index is 6.10. The van der Waals surface area contributed by atoms with Crippen LogP contribution in [0.1, 0.15) is 36.0 Å². The standard InChI is InChI=1S/C22H24ClN7/c23-18-6-7-19-20(14-18)25-22(24-19)17-9-11-29(12-10-17)15-21-26-27-28-30(21)13-8-16-4-2-1-3-5-16/h1-7,14,17H,8-13,15H2,(H,24,25). The smallest absolute Gasteiger partial charge is 0.165 e. The van der Waals surface area contributed by atoms with Crippen molar-refractivity contribution in [2.24, 2.45) is 0 Å². The molecule has 1 N–H and O–H groups in total. The molecule has 154 valence electrons. The molecule has 2 aromatic heterocycles. The molecule has 0 atom stereocenters. The van der Waals surface area contributed by atoms with Crippen molar-refractivity contribution >= 4 is 22.6 Å². The maximum atomic E-state index is 6.10. The van der Waals surface area contributed by atoms with Gasteiger partial charge in [-0.15, -0.1) is 5.10 Å². The minimum absolute atomic E-state index is 0.446. The summed E-state index contributed by atoms with van der Waals surface area (Å²) in [7, 11) is 0. The summed E-state index contributed by atoms with van der Waals surface area (Å²) in [6, 6.07) is 16.3. The SMILES string of the molecule is Clc1ccc2nc(C3CCN(Cc4nnnn4CCc4ccccc4)CC3)[nH]c2c1. The number of halogens is 1. The lowest BCUT2D eigenvalue weighted by atomic mass is 9.96. The molecule has 8 heteroatoms. The van der Waals surface area contributed by atoms with Crippen molar-refractivity contribution in [1.82, 2.24) is 35.1 Å². The molecule has 1 fully saturated rings. The number of piperidine rings is 1. The number of hydrogen-bond acceptors (Lipinski definition) is 5. The highest BCUT2D eigenvalue weighted by Crippen LogP contribution is 2.29. The molecule has 30 heavy (non-hydrogen) atoms. The number of fused-ring (bicyclic) bond motifs is 1. The summed E-state index contributed by atoms with van der Waals surface area (Å²) in [5, 5.41) is 13.1. The Morgan fingerprint density at radius 3 is 2.73 bits per heavy atom. The van der Waals surface area contributed by atoms with Crippen LogP contribution in [0.15, 0.2) is 48.5 Å². The number of tetrazole rings is 1. The lowest BCUT2D eigenvalue weighted by Gasteiger charge is -2.30. The highest BCUT2D eigenvalue weighted by atomic mass is 35.5. The second-order valence-corrected chi connectivity index (χ2v) is 8.32. The fraction of sp³-hybridized carbons (Fsp3) is 0.364. The summed E-state index contributed by atoms with van der Waals surface area (Å²) in [5.74, 6) is 2.45. The van der Waals surface area contributed by atoms with E-state index in [0.717, 1.165) is 73.1 Å². The van der Waals surface area contributed by atoms with E-state index in [0.29, 0.717) is 5.92 Å². The molecule has 7 nitrogen and oxygen atoms in total. The van der Waals surface area contributed by atoms with Crippen molar-refractivity contribution in [3.63, 3.8) is 0 Å². The first-order chi connectivity index (χ1) is 14.7. The number of aryl methyl sites for hydroxylation is 2. The monoisotopic (exact) mass is 421 g/mol. The lowest BCUT2D eigenvalue weighted by Crippen LogP contribution is -2.33. The number of hydrogen-bond donors (Lipinski definition) is 1. The van der Waals surface area contributed by atoms with E-state index in [1.807, 2.05) is 28.9 Å². The van der Waals surface area contributed by atoms with E-state index in [-0.39, 0.29) is 0 Å². The molecule has 1 aliphatic heterocycles. The second kappa shape index (κ2) is 8.53. The molecular formula is C22H24ClN7. The Morgan fingerprint density at radius 1 is 1.07 bits per heavy atom. The van der Waals surface area contributed by atoms with Gasteiger partial charge in [-0.05, 0) is 66.5 Å². The van der Waals surface area contributed by atoms with Crippen LogP contribution in [0.3, 0.4) is 0 Å². The van der Waals surface area contributed by atoms with Gasteiger partial charge in [0.1, 0.15) is 5.82 Å². The van der Waals surface area contributed by atoms with Gasteiger partial charge in [-0.1, -0.05) is 41.9 Å². The van der Waals surface area contributed by atoms with Crippen LogP contribution < -0.4 is 0 Å². The van der Waals surface area contributed by atoms with Crippen molar-refractivity contribution in [2.75, 3.05) is 13.1 Å². The highest BCUT2D eigenvalue weighted by molar-refractivity contribution is 6.31. The van der Waals surface area contributed by atoms with Gasteiger partial charge in [0.2, 0.25) is 0 Å². The first kappa shape index (κ1) is 19.2. The number of rotatable bonds is 6. The third-order valence-corrected chi connectivity index (χ3v) is 6.10. The minimum atomic E-state index is 0.446. The Balaban J connectivity index is 1.18. The van der Waals surface area contributed by atoms with E-state index in [1.54, 1.807) is 0 Å². The second-order valence-electron chi connectivity index (χ2n) is 7.89. The van der Waals surface area contributed by atoms with Gasteiger partial charge >= 0.3 is 0 Å². The van der Waals surface area contributed by atoms with Crippen molar-refractivity contribution in [2.45, 2.75) is 38.3 Å². The van der Waals surface area contributed by atoms with Crippen LogP contribution in [-0.2, 0) is 19.5 Å². The number of nitrogens with one attached hydrogen (secondary N) is 1. The Kier molecular flexibility index (Phi) is 5.46. The Hall–Kier alpha value is -2.77. The first-order valence-corrected chi connectivity index (χ1v) is 10.8. The van der Waals surface area contributed by atoms with Crippen molar-refractivity contribution in [1.29, 1.82) is 0 Å². The molecule has 0 radical (unpaired) electrons. The van der Waals surface area contributed by atoms with Crippen molar-refractivity contribution in [3.8, 4) is 0 Å². The normalized spacial score (nSPS) is 15.8. The van der Waals surface area contributed by atoms with Gasteiger partial charge in [0, 0.05) is 17.5 Å². The van der Waals surface area contributed by atoms with Crippen LogP contribution >= 0.6 is 11.6 Å². The molecule has 1 saturated heterocycles. The molecule has 3 heterocycles.